The Morgan fingerprint density at radius 1 is 1.29 bits per heavy atom. The van der Waals surface area contributed by atoms with Crippen LogP contribution in [0.1, 0.15) is 18.7 Å². The van der Waals surface area contributed by atoms with Crippen LogP contribution < -0.4 is 5.73 Å². The summed E-state index contributed by atoms with van der Waals surface area (Å²) in [6, 6.07) is 1.55. The van der Waals surface area contributed by atoms with Crippen LogP contribution >= 0.6 is 0 Å². The summed E-state index contributed by atoms with van der Waals surface area (Å²) in [7, 11) is 0. The van der Waals surface area contributed by atoms with Crippen LogP contribution in [0.4, 0.5) is 0 Å². The lowest BCUT2D eigenvalue weighted by atomic mass is 10.2. The highest BCUT2D eigenvalue weighted by atomic mass is 16.3. The van der Waals surface area contributed by atoms with Crippen LogP contribution in [0, 0.1) is 0 Å². The molecular weight excluding hydrogens is 180 g/mol. The van der Waals surface area contributed by atoms with E-state index < -0.39 is 0 Å². The van der Waals surface area contributed by atoms with E-state index in [1.165, 1.54) is 6.39 Å². The number of rotatable bonds is 2. The van der Waals surface area contributed by atoms with E-state index in [0.29, 0.717) is 17.3 Å². The predicted molar refractivity (Wildman–Crippen MR) is 50.1 cm³/mol. The van der Waals surface area contributed by atoms with E-state index in [-0.39, 0.29) is 6.04 Å². The van der Waals surface area contributed by atoms with Gasteiger partial charge in [-0.3, -0.25) is 0 Å². The third kappa shape index (κ3) is 1.49. The molecule has 0 spiro atoms. The van der Waals surface area contributed by atoms with Gasteiger partial charge in [-0.25, -0.2) is 15.0 Å². The van der Waals surface area contributed by atoms with E-state index in [2.05, 4.69) is 15.0 Å². The minimum atomic E-state index is -0.187. The predicted octanol–water partition coefficient (Wildman–Crippen LogP) is 1.15. The van der Waals surface area contributed by atoms with Gasteiger partial charge in [-0.15, -0.1) is 0 Å². The van der Waals surface area contributed by atoms with Gasteiger partial charge in [-0.05, 0) is 13.0 Å². The number of hydrogen-bond donors (Lipinski definition) is 1. The first kappa shape index (κ1) is 8.83. The van der Waals surface area contributed by atoms with Crippen molar-refractivity contribution >= 4 is 0 Å². The highest BCUT2D eigenvalue weighted by Gasteiger charge is 2.15. The lowest BCUT2D eigenvalue weighted by Crippen LogP contribution is -2.07. The van der Waals surface area contributed by atoms with Crippen molar-refractivity contribution < 1.29 is 4.42 Å². The molecule has 14 heavy (non-hydrogen) atoms. The second kappa shape index (κ2) is 3.55. The Hall–Kier alpha value is -1.75. The van der Waals surface area contributed by atoms with Crippen LogP contribution in [0.2, 0.25) is 0 Å². The number of nitrogens with zero attached hydrogens (tertiary/aromatic N) is 3. The molecule has 2 heterocycles. The van der Waals surface area contributed by atoms with Gasteiger partial charge in [-0.2, -0.15) is 0 Å². The molecule has 5 heteroatoms. The molecule has 1 unspecified atom stereocenters. The van der Waals surface area contributed by atoms with Crippen molar-refractivity contribution in [3.05, 3.63) is 30.5 Å². The van der Waals surface area contributed by atoms with E-state index in [9.17, 15) is 0 Å². The molecule has 0 bridgehead atoms. The summed E-state index contributed by atoms with van der Waals surface area (Å²) in [4.78, 5) is 12.1. The van der Waals surface area contributed by atoms with Crippen LogP contribution in [0.15, 0.2) is 29.3 Å². The molecule has 5 nitrogen and oxygen atoms in total. The quantitative estimate of drug-likeness (QED) is 0.768. The standard InChI is InChI=1S/C9H10N4O/c1-6(10)7-8(14-5-13-7)9-11-3-2-4-12-9/h2-6H,10H2,1H3. The summed E-state index contributed by atoms with van der Waals surface area (Å²) >= 11 is 0. The van der Waals surface area contributed by atoms with E-state index in [1.54, 1.807) is 18.5 Å². The molecule has 0 saturated carbocycles. The zero-order valence-corrected chi connectivity index (χ0v) is 7.71. The number of oxazole rings is 1. The molecule has 0 amide bonds. The van der Waals surface area contributed by atoms with Crippen LogP contribution in [-0.2, 0) is 0 Å². The highest BCUT2D eigenvalue weighted by molar-refractivity contribution is 5.50. The van der Waals surface area contributed by atoms with Crippen molar-refractivity contribution in [3.8, 4) is 11.6 Å². The van der Waals surface area contributed by atoms with E-state index in [4.69, 9.17) is 10.2 Å². The van der Waals surface area contributed by atoms with Gasteiger partial charge in [0.05, 0.1) is 0 Å². The van der Waals surface area contributed by atoms with Crippen LogP contribution in [-0.4, -0.2) is 15.0 Å². The molecule has 2 aromatic rings. The molecule has 0 saturated heterocycles. The zero-order valence-electron chi connectivity index (χ0n) is 7.71. The fourth-order valence-corrected chi connectivity index (χ4v) is 1.16. The summed E-state index contributed by atoms with van der Waals surface area (Å²) in [6.07, 6.45) is 4.65. The molecule has 1 atom stereocenters. The Labute approximate surface area is 81.0 Å². The molecule has 0 fully saturated rings. The zero-order chi connectivity index (χ0) is 9.97. The van der Waals surface area contributed by atoms with Crippen molar-refractivity contribution in [3.63, 3.8) is 0 Å². The normalized spacial score (nSPS) is 12.7. The lowest BCUT2D eigenvalue weighted by Gasteiger charge is -2.01. The first-order chi connectivity index (χ1) is 6.79. The van der Waals surface area contributed by atoms with Crippen molar-refractivity contribution in [1.29, 1.82) is 0 Å². The Morgan fingerprint density at radius 2 is 2.00 bits per heavy atom. The molecular formula is C9H10N4O. The molecule has 0 aromatic carbocycles. The molecule has 0 radical (unpaired) electrons. The summed E-state index contributed by atoms with van der Waals surface area (Å²) in [5.41, 5.74) is 6.40. The van der Waals surface area contributed by atoms with Crippen LogP contribution in [0.3, 0.4) is 0 Å². The van der Waals surface area contributed by atoms with Crippen LogP contribution in [0.25, 0.3) is 11.6 Å². The molecule has 72 valence electrons. The summed E-state index contributed by atoms with van der Waals surface area (Å²) < 4.78 is 5.20. The maximum absolute atomic E-state index is 5.72. The fourth-order valence-electron chi connectivity index (χ4n) is 1.16. The maximum Gasteiger partial charge on any atom is 0.197 e. The van der Waals surface area contributed by atoms with Gasteiger partial charge in [0.15, 0.2) is 18.0 Å². The van der Waals surface area contributed by atoms with Gasteiger partial charge in [0.25, 0.3) is 0 Å². The Bertz CT molecular complexity index is 410. The molecule has 2 aromatic heterocycles. The smallest absolute Gasteiger partial charge is 0.197 e. The SMILES string of the molecule is CC(N)c1ncoc1-c1ncccn1. The molecule has 0 aliphatic carbocycles. The van der Waals surface area contributed by atoms with Gasteiger partial charge in [-0.1, -0.05) is 0 Å². The number of hydrogen-bond acceptors (Lipinski definition) is 5. The van der Waals surface area contributed by atoms with E-state index >= 15 is 0 Å². The summed E-state index contributed by atoms with van der Waals surface area (Å²) in [5, 5.41) is 0. The summed E-state index contributed by atoms with van der Waals surface area (Å²) in [5.74, 6) is 1.05. The number of nitrogens with two attached hydrogens (primary N) is 1. The van der Waals surface area contributed by atoms with Gasteiger partial charge < -0.3 is 10.2 Å². The third-order valence-electron chi connectivity index (χ3n) is 1.80. The third-order valence-corrected chi connectivity index (χ3v) is 1.80. The van der Waals surface area contributed by atoms with Crippen molar-refractivity contribution in [2.45, 2.75) is 13.0 Å². The average molecular weight is 190 g/mol. The van der Waals surface area contributed by atoms with Gasteiger partial charge >= 0.3 is 0 Å². The molecule has 0 aliphatic heterocycles. The van der Waals surface area contributed by atoms with Gasteiger partial charge in [0.2, 0.25) is 0 Å². The van der Waals surface area contributed by atoms with Crippen molar-refractivity contribution in [2.24, 2.45) is 5.73 Å². The average Bonchev–Trinajstić information content (AvgIpc) is 2.67. The van der Waals surface area contributed by atoms with Crippen LogP contribution in [0.5, 0.6) is 0 Å². The maximum atomic E-state index is 5.72. The highest BCUT2D eigenvalue weighted by Crippen LogP contribution is 2.22. The van der Waals surface area contributed by atoms with E-state index in [1.807, 2.05) is 6.92 Å². The van der Waals surface area contributed by atoms with Gasteiger partial charge in [0.1, 0.15) is 5.69 Å². The lowest BCUT2D eigenvalue weighted by molar-refractivity contribution is 0.565. The molecule has 2 rings (SSSR count). The molecule has 2 N–H and O–H groups in total. The number of aromatic nitrogens is 3. The second-order valence-corrected chi connectivity index (χ2v) is 2.93. The molecule has 0 aliphatic rings. The monoisotopic (exact) mass is 190 g/mol. The van der Waals surface area contributed by atoms with E-state index in [0.717, 1.165) is 0 Å². The topological polar surface area (TPSA) is 77.8 Å². The second-order valence-electron chi connectivity index (χ2n) is 2.93. The largest absolute Gasteiger partial charge is 0.440 e. The Kier molecular flexibility index (Phi) is 2.24. The Balaban J connectivity index is 2.47. The van der Waals surface area contributed by atoms with Gasteiger partial charge in [0, 0.05) is 18.4 Å². The fraction of sp³-hybridized carbons (Fsp3) is 0.222. The first-order valence-electron chi connectivity index (χ1n) is 4.25. The minimum Gasteiger partial charge on any atom is -0.440 e. The van der Waals surface area contributed by atoms with Crippen molar-refractivity contribution in [2.75, 3.05) is 0 Å². The Morgan fingerprint density at radius 3 is 2.64 bits per heavy atom. The summed E-state index contributed by atoms with van der Waals surface area (Å²) in [6.45, 7) is 1.84. The van der Waals surface area contributed by atoms with Crippen molar-refractivity contribution in [1.82, 2.24) is 15.0 Å². The minimum absolute atomic E-state index is 0.187. The first-order valence-corrected chi connectivity index (χ1v) is 4.25.